The van der Waals surface area contributed by atoms with Crippen molar-refractivity contribution in [3.8, 4) is 11.6 Å². The molecule has 2 aromatic carbocycles. The van der Waals surface area contributed by atoms with Crippen LogP contribution >= 0.6 is 0 Å². The van der Waals surface area contributed by atoms with E-state index in [1.165, 1.54) is 0 Å². The van der Waals surface area contributed by atoms with E-state index in [2.05, 4.69) is 15.3 Å². The molecule has 6 nitrogen and oxygen atoms in total. The molecule has 6 rings (SSSR count). The highest BCUT2D eigenvalue weighted by Crippen LogP contribution is 2.50. The number of hydrogen-bond donors (Lipinski definition) is 3. The average Bonchev–Trinajstić information content (AvgIpc) is 3.26. The van der Waals surface area contributed by atoms with Crippen molar-refractivity contribution < 1.29 is 14.3 Å². The minimum atomic E-state index is -0.624. The summed E-state index contributed by atoms with van der Waals surface area (Å²) in [5.74, 6) is -0.583. The molecular weight excluding hydrogens is 330 g/mol. The van der Waals surface area contributed by atoms with Gasteiger partial charge in [0.05, 0.1) is 11.8 Å². The number of carbonyl (C=O) groups excluding carboxylic acids is 2. The zero-order chi connectivity index (χ0) is 17.4. The van der Waals surface area contributed by atoms with Gasteiger partial charge in [0, 0.05) is 33.6 Å². The molecule has 0 bridgehead atoms. The summed E-state index contributed by atoms with van der Waals surface area (Å²) < 4.78 is 6.22. The van der Waals surface area contributed by atoms with Crippen LogP contribution in [0.3, 0.4) is 0 Å². The van der Waals surface area contributed by atoms with Crippen LogP contribution < -0.4 is 10.1 Å². The molecule has 2 atom stereocenters. The molecule has 0 aliphatic carbocycles. The molecule has 2 unspecified atom stereocenters. The fourth-order valence-electron chi connectivity index (χ4n) is 4.34. The number of fused-ring (bicyclic) bond motifs is 6. The average molecular weight is 343 g/mol. The molecule has 4 heterocycles. The molecular formula is C20H13N3O3. The Hall–Kier alpha value is -3.54. The van der Waals surface area contributed by atoms with E-state index in [0.717, 1.165) is 32.9 Å². The molecule has 2 amide bonds. The van der Waals surface area contributed by atoms with Gasteiger partial charge < -0.3 is 14.7 Å². The number of carbonyl (C=O) groups is 2. The number of benzene rings is 2. The van der Waals surface area contributed by atoms with Crippen LogP contribution in [0.1, 0.15) is 23.0 Å². The first kappa shape index (κ1) is 13.7. The monoisotopic (exact) mass is 343 g/mol. The van der Waals surface area contributed by atoms with Gasteiger partial charge in [-0.1, -0.05) is 24.3 Å². The maximum Gasteiger partial charge on any atom is 0.235 e. The molecule has 126 valence electrons. The molecule has 26 heavy (non-hydrogen) atoms. The number of ether oxygens (including phenoxy) is 1. The molecule has 0 spiro atoms. The third kappa shape index (κ3) is 1.56. The van der Waals surface area contributed by atoms with Crippen molar-refractivity contribution in [1.29, 1.82) is 0 Å². The van der Waals surface area contributed by atoms with Crippen LogP contribution in [-0.2, 0) is 9.59 Å². The normalized spacial score (nSPS) is 21.1. The molecule has 2 aliphatic rings. The zero-order valence-corrected chi connectivity index (χ0v) is 13.5. The second kappa shape index (κ2) is 4.54. The number of amides is 2. The summed E-state index contributed by atoms with van der Waals surface area (Å²) in [6, 6.07) is 13.4. The van der Waals surface area contributed by atoms with Gasteiger partial charge in [0.25, 0.3) is 0 Å². The molecule has 1 saturated heterocycles. The predicted octanol–water partition coefficient (Wildman–Crippen LogP) is 3.28. The van der Waals surface area contributed by atoms with Crippen LogP contribution in [0.4, 0.5) is 0 Å². The van der Waals surface area contributed by atoms with Crippen molar-refractivity contribution in [3.63, 3.8) is 0 Å². The van der Waals surface area contributed by atoms with E-state index in [1.807, 2.05) is 48.7 Å². The van der Waals surface area contributed by atoms with E-state index in [1.54, 1.807) is 0 Å². The third-order valence-electron chi connectivity index (χ3n) is 5.41. The van der Waals surface area contributed by atoms with Crippen LogP contribution in [0.2, 0.25) is 0 Å². The summed E-state index contributed by atoms with van der Waals surface area (Å²) in [4.78, 5) is 31.9. The maximum atomic E-state index is 12.7. The lowest BCUT2D eigenvalue weighted by atomic mass is 9.82. The van der Waals surface area contributed by atoms with Crippen LogP contribution in [-0.4, -0.2) is 21.8 Å². The van der Waals surface area contributed by atoms with E-state index in [-0.39, 0.29) is 11.8 Å². The second-order valence-corrected chi connectivity index (χ2v) is 6.75. The van der Waals surface area contributed by atoms with Crippen LogP contribution in [0.15, 0.2) is 48.7 Å². The van der Waals surface area contributed by atoms with Gasteiger partial charge in [0.2, 0.25) is 17.7 Å². The van der Waals surface area contributed by atoms with E-state index >= 15 is 0 Å². The van der Waals surface area contributed by atoms with Gasteiger partial charge in [-0.15, -0.1) is 0 Å². The Morgan fingerprint density at radius 1 is 0.885 bits per heavy atom. The summed E-state index contributed by atoms with van der Waals surface area (Å²) in [5, 5.41) is 4.25. The highest BCUT2D eigenvalue weighted by atomic mass is 16.5. The predicted molar refractivity (Wildman–Crippen MR) is 95.3 cm³/mol. The van der Waals surface area contributed by atoms with Gasteiger partial charge >= 0.3 is 0 Å². The minimum Gasteiger partial charge on any atom is -0.440 e. The van der Waals surface area contributed by atoms with Gasteiger partial charge in [-0.05, 0) is 23.8 Å². The number of aromatic nitrogens is 2. The molecule has 4 aromatic rings. The molecule has 3 N–H and O–H groups in total. The Labute approximate surface area is 147 Å². The molecule has 2 aliphatic heterocycles. The van der Waals surface area contributed by atoms with Crippen molar-refractivity contribution in [2.45, 2.75) is 11.8 Å². The van der Waals surface area contributed by atoms with Crippen molar-refractivity contribution in [2.75, 3.05) is 0 Å². The number of imide groups is 1. The highest BCUT2D eigenvalue weighted by Gasteiger charge is 2.48. The topological polar surface area (TPSA) is 87.0 Å². The van der Waals surface area contributed by atoms with E-state index in [4.69, 9.17) is 4.74 Å². The molecule has 6 heteroatoms. The lowest BCUT2D eigenvalue weighted by molar-refractivity contribution is -0.125. The summed E-state index contributed by atoms with van der Waals surface area (Å²) in [5.41, 5.74) is 3.28. The quantitative estimate of drug-likeness (QED) is 0.428. The van der Waals surface area contributed by atoms with E-state index in [9.17, 15) is 9.59 Å². The van der Waals surface area contributed by atoms with Crippen molar-refractivity contribution in [2.24, 2.45) is 0 Å². The van der Waals surface area contributed by atoms with Gasteiger partial charge in [-0.3, -0.25) is 14.9 Å². The fraction of sp³-hybridized carbons (Fsp3) is 0.100. The van der Waals surface area contributed by atoms with Crippen LogP contribution in [0.5, 0.6) is 11.6 Å². The van der Waals surface area contributed by atoms with Crippen LogP contribution in [0.25, 0.3) is 21.8 Å². The van der Waals surface area contributed by atoms with Gasteiger partial charge in [-0.25, -0.2) is 0 Å². The molecule has 0 radical (unpaired) electrons. The minimum absolute atomic E-state index is 0.270. The lowest BCUT2D eigenvalue weighted by Gasteiger charge is -2.20. The van der Waals surface area contributed by atoms with Crippen LogP contribution in [0, 0.1) is 0 Å². The summed E-state index contributed by atoms with van der Waals surface area (Å²) in [6.45, 7) is 0. The Balaban J connectivity index is 1.77. The summed E-state index contributed by atoms with van der Waals surface area (Å²) >= 11 is 0. The lowest BCUT2D eigenvalue weighted by Crippen LogP contribution is -2.21. The first-order valence-electron chi connectivity index (χ1n) is 8.45. The van der Waals surface area contributed by atoms with E-state index < -0.39 is 11.8 Å². The summed E-state index contributed by atoms with van der Waals surface area (Å²) in [6.07, 6.45) is 1.81. The SMILES string of the molecule is O=C1NC(=O)C2c3c[nH]c4cccc(c34)Oc3[nH]c4ccccc4c3C12. The van der Waals surface area contributed by atoms with Crippen molar-refractivity contribution >= 4 is 33.6 Å². The highest BCUT2D eigenvalue weighted by molar-refractivity contribution is 6.14. The van der Waals surface area contributed by atoms with Gasteiger partial charge in [0.1, 0.15) is 5.75 Å². The number of hydrogen-bond acceptors (Lipinski definition) is 3. The summed E-state index contributed by atoms with van der Waals surface area (Å²) in [7, 11) is 0. The maximum absolute atomic E-state index is 12.7. The zero-order valence-electron chi connectivity index (χ0n) is 13.5. The van der Waals surface area contributed by atoms with Gasteiger partial charge in [0.15, 0.2) is 0 Å². The Morgan fingerprint density at radius 2 is 1.69 bits per heavy atom. The third-order valence-corrected chi connectivity index (χ3v) is 5.41. The second-order valence-electron chi connectivity index (χ2n) is 6.75. The number of rotatable bonds is 0. The van der Waals surface area contributed by atoms with Crippen molar-refractivity contribution in [1.82, 2.24) is 15.3 Å². The fourth-order valence-corrected chi connectivity index (χ4v) is 4.34. The Morgan fingerprint density at radius 3 is 2.62 bits per heavy atom. The Kier molecular flexibility index (Phi) is 2.40. The number of H-pyrrole nitrogens is 2. The number of aromatic amines is 2. The molecule has 1 fully saturated rings. The van der Waals surface area contributed by atoms with Crippen molar-refractivity contribution in [3.05, 3.63) is 59.8 Å². The first-order chi connectivity index (χ1) is 12.7. The standard InChI is InChI=1S/C20H13N3O3/c24-18-15-10-8-21-12-6-3-7-13(14(10)12)26-20-16(17(15)19(25)23-18)9-4-1-2-5-11(9)22-20/h1-8,15,17,21-22H,(H,23,24,25). The smallest absolute Gasteiger partial charge is 0.235 e. The number of para-hydroxylation sites is 1. The molecule has 2 aromatic heterocycles. The van der Waals surface area contributed by atoms with Gasteiger partial charge in [-0.2, -0.15) is 0 Å². The largest absolute Gasteiger partial charge is 0.440 e. The number of nitrogens with one attached hydrogen (secondary N) is 3. The first-order valence-corrected chi connectivity index (χ1v) is 8.45. The van der Waals surface area contributed by atoms with E-state index in [0.29, 0.717) is 11.6 Å². The Bertz CT molecular complexity index is 1250. The molecule has 0 saturated carbocycles.